The molecule has 8 heteroatoms. The largest absolute Gasteiger partial charge is 1.00 e. The van der Waals surface area contributed by atoms with Gasteiger partial charge in [0.15, 0.2) is 0 Å². The maximum Gasteiger partial charge on any atom is 1.00 e. The minimum absolute atomic E-state index is 0. The van der Waals surface area contributed by atoms with Gasteiger partial charge in [-0.25, -0.2) is 0 Å². The van der Waals surface area contributed by atoms with Crippen LogP contribution in [0.2, 0.25) is 0 Å². The van der Waals surface area contributed by atoms with Crippen LogP contribution in [-0.4, -0.2) is 46.6 Å². The Morgan fingerprint density at radius 1 is 0.786 bits per heavy atom. The second-order valence-corrected chi connectivity index (χ2v) is 4.38. The van der Waals surface area contributed by atoms with E-state index in [0.29, 0.717) is 8.64 Å². The van der Waals surface area contributed by atoms with E-state index in [1.54, 1.807) is 9.80 Å². The standard InChI is InChI=1S/2C3H7NS2.2Cu/c2*1-4(2)3(5)6;;/h2*1-2H3,(H,5,6);;/q;;2*+1/p-2. The average Bonchev–Trinajstić information content (AvgIpc) is 1.88. The second kappa shape index (κ2) is 14.3. The molecule has 0 spiro atoms. The maximum absolute atomic E-state index is 4.56. The number of nitrogens with zero attached hydrogens (tertiary/aromatic N) is 2. The van der Waals surface area contributed by atoms with Crippen LogP contribution in [0, 0.1) is 0 Å². The minimum Gasteiger partial charge on any atom is -0.411 e. The fourth-order valence-corrected chi connectivity index (χ4v) is 0. The van der Waals surface area contributed by atoms with Gasteiger partial charge in [0.1, 0.15) is 0 Å². The Balaban J connectivity index is -0.0000000625. The van der Waals surface area contributed by atoms with Crippen LogP contribution in [-0.2, 0) is 59.4 Å². The first kappa shape index (κ1) is 24.5. The molecule has 0 atom stereocenters. The van der Waals surface area contributed by atoms with Crippen molar-refractivity contribution in [2.75, 3.05) is 28.2 Å². The Labute approximate surface area is 129 Å². The van der Waals surface area contributed by atoms with E-state index in [2.05, 4.69) is 49.7 Å². The van der Waals surface area contributed by atoms with Gasteiger partial charge >= 0.3 is 34.1 Å². The van der Waals surface area contributed by atoms with E-state index in [4.69, 9.17) is 0 Å². The zero-order valence-corrected chi connectivity index (χ0v) is 13.3. The fraction of sp³-hybridized carbons (Fsp3) is 0.667. The van der Waals surface area contributed by atoms with Crippen LogP contribution in [0.4, 0.5) is 0 Å². The minimum atomic E-state index is 0. The maximum atomic E-state index is 4.56. The number of thiocarbonyl (C=S) groups is 2. The molecule has 0 unspecified atom stereocenters. The Hall–Kier alpha value is 1.26. The molecule has 0 heterocycles. The summed E-state index contributed by atoms with van der Waals surface area (Å²) in [4.78, 5) is 3.43. The molecule has 92 valence electrons. The molecule has 0 N–H and O–H groups in total. The van der Waals surface area contributed by atoms with Crippen LogP contribution in [0.3, 0.4) is 0 Å². The summed E-state index contributed by atoms with van der Waals surface area (Å²) in [5.41, 5.74) is 0. The van der Waals surface area contributed by atoms with Gasteiger partial charge in [0, 0.05) is 28.2 Å². The van der Waals surface area contributed by atoms with Gasteiger partial charge in [0.25, 0.3) is 0 Å². The van der Waals surface area contributed by atoms with Crippen molar-refractivity contribution >= 4 is 58.3 Å². The van der Waals surface area contributed by atoms with Gasteiger partial charge in [-0.2, -0.15) is 0 Å². The topological polar surface area (TPSA) is 6.48 Å². The molecule has 0 aromatic carbocycles. The van der Waals surface area contributed by atoms with Crippen molar-refractivity contribution in [3.05, 3.63) is 0 Å². The Bertz CT molecular complexity index is 146. The van der Waals surface area contributed by atoms with Gasteiger partial charge in [-0.05, 0) is 0 Å². The van der Waals surface area contributed by atoms with Gasteiger partial charge in [-0.15, -0.1) is 0 Å². The van der Waals surface area contributed by atoms with Crippen LogP contribution >= 0.6 is 24.4 Å². The van der Waals surface area contributed by atoms with Gasteiger partial charge in [-0.3, -0.25) is 0 Å². The molecular weight excluding hydrogens is 355 g/mol. The molecule has 0 radical (unpaired) electrons. The van der Waals surface area contributed by atoms with Crippen LogP contribution in [0.15, 0.2) is 0 Å². The molecule has 0 aromatic rings. The van der Waals surface area contributed by atoms with Crippen molar-refractivity contribution in [3.63, 3.8) is 0 Å². The molecule has 14 heavy (non-hydrogen) atoms. The van der Waals surface area contributed by atoms with Crippen molar-refractivity contribution in [2.45, 2.75) is 0 Å². The molecule has 0 aliphatic carbocycles. The summed E-state index contributed by atoms with van der Waals surface area (Å²) < 4.78 is 1.02. The van der Waals surface area contributed by atoms with Crippen LogP contribution in [0.5, 0.6) is 0 Å². The SMILES string of the molecule is CN(C)C(=S)[S-].CN(C)C(=S)[S-].[Cu+].[Cu+]. The number of hydrogen-bond donors (Lipinski definition) is 0. The van der Waals surface area contributed by atoms with E-state index in [0.717, 1.165) is 0 Å². The Morgan fingerprint density at radius 2 is 0.857 bits per heavy atom. The van der Waals surface area contributed by atoms with Gasteiger partial charge < -0.3 is 59.5 Å². The molecule has 0 aliphatic rings. The van der Waals surface area contributed by atoms with Gasteiger partial charge in [0.2, 0.25) is 0 Å². The molecule has 0 saturated carbocycles. The summed E-state index contributed by atoms with van der Waals surface area (Å²) in [5, 5.41) is 0. The summed E-state index contributed by atoms with van der Waals surface area (Å²) >= 11 is 18.2. The molecule has 0 aromatic heterocycles. The first-order valence-electron chi connectivity index (χ1n) is 3.05. The molecule has 0 rings (SSSR count). The third kappa shape index (κ3) is 23.2. The summed E-state index contributed by atoms with van der Waals surface area (Å²) in [7, 11) is 7.31. The first-order chi connectivity index (χ1) is 5.29. The Kier molecular flexibility index (Phi) is 24.9. The molecule has 0 saturated heterocycles. The van der Waals surface area contributed by atoms with E-state index in [1.165, 1.54) is 0 Å². The fourth-order valence-electron chi connectivity index (χ4n) is 0. The van der Waals surface area contributed by atoms with Crippen LogP contribution in [0.1, 0.15) is 0 Å². The molecule has 0 bridgehead atoms. The number of rotatable bonds is 0. The predicted octanol–water partition coefficient (Wildman–Crippen LogP) is 0.755. The van der Waals surface area contributed by atoms with Crippen molar-refractivity contribution in [2.24, 2.45) is 0 Å². The van der Waals surface area contributed by atoms with Gasteiger partial charge in [0.05, 0.1) is 0 Å². The van der Waals surface area contributed by atoms with Crippen LogP contribution < -0.4 is 0 Å². The van der Waals surface area contributed by atoms with E-state index in [-0.39, 0.29) is 34.1 Å². The monoisotopic (exact) mass is 366 g/mol. The molecule has 0 aliphatic heterocycles. The summed E-state index contributed by atoms with van der Waals surface area (Å²) in [6, 6.07) is 0. The molecule has 0 amide bonds. The van der Waals surface area contributed by atoms with E-state index >= 15 is 0 Å². The van der Waals surface area contributed by atoms with E-state index in [1.807, 2.05) is 28.2 Å². The second-order valence-electron chi connectivity index (χ2n) is 2.32. The van der Waals surface area contributed by atoms with Crippen LogP contribution in [0.25, 0.3) is 0 Å². The third-order valence-corrected chi connectivity index (χ3v) is 2.19. The zero-order chi connectivity index (χ0) is 10.3. The smallest absolute Gasteiger partial charge is 0.411 e. The first-order valence-corrected chi connectivity index (χ1v) is 4.69. The summed E-state index contributed by atoms with van der Waals surface area (Å²) in [6.45, 7) is 0. The van der Waals surface area contributed by atoms with E-state index < -0.39 is 0 Å². The molecule has 2 nitrogen and oxygen atoms in total. The predicted molar refractivity (Wildman–Crippen MR) is 67.3 cm³/mol. The van der Waals surface area contributed by atoms with Crippen molar-refractivity contribution in [3.8, 4) is 0 Å². The van der Waals surface area contributed by atoms with Crippen molar-refractivity contribution < 1.29 is 34.1 Å². The van der Waals surface area contributed by atoms with Gasteiger partial charge in [-0.1, -0.05) is 8.64 Å². The quantitative estimate of drug-likeness (QED) is 0.352. The third-order valence-electron chi connectivity index (χ3n) is 0.730. The zero-order valence-electron chi connectivity index (χ0n) is 8.13. The normalized spacial score (nSPS) is 6.57. The molecule has 0 fully saturated rings. The molecular formula is C6H12Cu2N2S4. The van der Waals surface area contributed by atoms with E-state index in [9.17, 15) is 0 Å². The summed E-state index contributed by atoms with van der Waals surface area (Å²) in [5.74, 6) is 0. The van der Waals surface area contributed by atoms with Crippen molar-refractivity contribution in [1.29, 1.82) is 0 Å². The number of hydrogen-bond acceptors (Lipinski definition) is 4. The Morgan fingerprint density at radius 3 is 0.857 bits per heavy atom. The summed E-state index contributed by atoms with van der Waals surface area (Å²) in [6.07, 6.45) is 0. The van der Waals surface area contributed by atoms with Crippen molar-refractivity contribution in [1.82, 2.24) is 9.80 Å². The average molecular weight is 368 g/mol.